The van der Waals surface area contributed by atoms with E-state index in [2.05, 4.69) is 36.4 Å². The van der Waals surface area contributed by atoms with Gasteiger partial charge in [-0.15, -0.1) is 0 Å². The van der Waals surface area contributed by atoms with Crippen LogP contribution in [0.4, 0.5) is 0 Å². The largest absolute Gasteiger partial charge is 0.294 e. The lowest BCUT2D eigenvalue weighted by Crippen LogP contribution is -2.18. The molecule has 120 valence electrons. The van der Waals surface area contributed by atoms with Crippen LogP contribution in [0, 0.1) is 11.3 Å². The molecule has 0 amide bonds. The van der Waals surface area contributed by atoms with E-state index in [-0.39, 0.29) is 11.7 Å². The number of carbonyl (C=O) groups is 1. The lowest BCUT2D eigenvalue weighted by Gasteiger charge is -2.24. The molecule has 2 heteroatoms. The van der Waals surface area contributed by atoms with Crippen molar-refractivity contribution < 1.29 is 4.79 Å². The zero-order valence-corrected chi connectivity index (χ0v) is 13.8. The van der Waals surface area contributed by atoms with Crippen molar-refractivity contribution in [3.8, 4) is 17.2 Å². The number of hydrogen-bond acceptors (Lipinski definition) is 2. The average molecular weight is 323 g/mol. The molecule has 0 aliphatic heterocycles. The number of nitrogens with zero attached hydrogens (tertiary/aromatic N) is 1. The van der Waals surface area contributed by atoms with Gasteiger partial charge >= 0.3 is 0 Å². The highest BCUT2D eigenvalue weighted by molar-refractivity contribution is 5.99. The first-order chi connectivity index (χ1) is 12.2. The highest BCUT2D eigenvalue weighted by Gasteiger charge is 2.25. The summed E-state index contributed by atoms with van der Waals surface area (Å²) in [7, 11) is 0. The van der Waals surface area contributed by atoms with E-state index in [0.717, 1.165) is 28.7 Å². The summed E-state index contributed by atoms with van der Waals surface area (Å²) in [5.74, 6) is 0.487. The van der Waals surface area contributed by atoms with Gasteiger partial charge in [-0.3, -0.25) is 4.79 Å². The molecule has 0 spiro atoms. The van der Waals surface area contributed by atoms with Crippen molar-refractivity contribution in [1.82, 2.24) is 0 Å². The van der Waals surface area contributed by atoms with Gasteiger partial charge in [-0.25, -0.2) is 0 Å². The third-order valence-corrected chi connectivity index (χ3v) is 4.95. The van der Waals surface area contributed by atoms with Crippen LogP contribution >= 0.6 is 0 Å². The second kappa shape index (κ2) is 6.37. The van der Waals surface area contributed by atoms with E-state index in [1.165, 1.54) is 5.56 Å². The fourth-order valence-electron chi connectivity index (χ4n) is 3.56. The third kappa shape index (κ3) is 2.97. The van der Waals surface area contributed by atoms with Gasteiger partial charge in [0.05, 0.1) is 11.6 Å². The molecule has 0 saturated heterocycles. The van der Waals surface area contributed by atoms with E-state index in [9.17, 15) is 4.79 Å². The Morgan fingerprint density at radius 2 is 1.44 bits per heavy atom. The normalized spacial score (nSPS) is 16.1. The van der Waals surface area contributed by atoms with Gasteiger partial charge in [0.25, 0.3) is 0 Å². The predicted molar refractivity (Wildman–Crippen MR) is 98.4 cm³/mol. The van der Waals surface area contributed by atoms with Gasteiger partial charge in [-0.1, -0.05) is 60.7 Å². The molecule has 0 radical (unpaired) electrons. The number of hydrogen-bond donors (Lipinski definition) is 0. The van der Waals surface area contributed by atoms with Crippen molar-refractivity contribution in [1.29, 1.82) is 5.26 Å². The van der Waals surface area contributed by atoms with Crippen LogP contribution in [-0.4, -0.2) is 5.78 Å². The van der Waals surface area contributed by atoms with Gasteiger partial charge in [0.2, 0.25) is 0 Å². The topological polar surface area (TPSA) is 40.9 Å². The average Bonchev–Trinajstić information content (AvgIpc) is 2.68. The SMILES string of the molecule is N#Cc1ccc(-c2ccc(C3CC(=O)c4ccccc4C3)cc2)cc1. The van der Waals surface area contributed by atoms with Crippen LogP contribution in [0.1, 0.15) is 39.4 Å². The van der Waals surface area contributed by atoms with E-state index in [0.29, 0.717) is 12.0 Å². The Hall–Kier alpha value is -3.18. The highest BCUT2D eigenvalue weighted by Crippen LogP contribution is 2.33. The van der Waals surface area contributed by atoms with Crippen molar-refractivity contribution in [2.24, 2.45) is 0 Å². The summed E-state index contributed by atoms with van der Waals surface area (Å²) in [6, 6.07) is 26.1. The fraction of sp³-hybridized carbons (Fsp3) is 0.130. The summed E-state index contributed by atoms with van der Waals surface area (Å²) in [4.78, 5) is 12.4. The molecule has 0 bridgehead atoms. The molecular weight excluding hydrogens is 306 g/mol. The molecule has 1 atom stereocenters. The quantitative estimate of drug-likeness (QED) is 0.655. The number of benzene rings is 3. The zero-order valence-electron chi connectivity index (χ0n) is 13.8. The molecule has 4 rings (SSSR count). The van der Waals surface area contributed by atoms with Crippen LogP contribution in [-0.2, 0) is 6.42 Å². The van der Waals surface area contributed by atoms with Crippen molar-refractivity contribution in [2.45, 2.75) is 18.8 Å². The molecule has 3 aromatic carbocycles. The van der Waals surface area contributed by atoms with Gasteiger partial charge in [-0.2, -0.15) is 5.26 Å². The van der Waals surface area contributed by atoms with Crippen molar-refractivity contribution >= 4 is 5.78 Å². The van der Waals surface area contributed by atoms with Gasteiger partial charge in [0.1, 0.15) is 0 Å². The van der Waals surface area contributed by atoms with E-state index >= 15 is 0 Å². The summed E-state index contributed by atoms with van der Waals surface area (Å²) < 4.78 is 0. The van der Waals surface area contributed by atoms with E-state index < -0.39 is 0 Å². The Morgan fingerprint density at radius 3 is 2.12 bits per heavy atom. The van der Waals surface area contributed by atoms with Crippen LogP contribution in [0.3, 0.4) is 0 Å². The Bertz CT molecular complexity index is 962. The third-order valence-electron chi connectivity index (χ3n) is 4.95. The summed E-state index contributed by atoms with van der Waals surface area (Å²) in [6.45, 7) is 0. The number of nitriles is 1. The van der Waals surface area contributed by atoms with Crippen molar-refractivity contribution in [2.75, 3.05) is 0 Å². The molecule has 0 aromatic heterocycles. The van der Waals surface area contributed by atoms with Crippen LogP contribution in [0.5, 0.6) is 0 Å². The van der Waals surface area contributed by atoms with E-state index in [1.807, 2.05) is 42.5 Å². The first-order valence-electron chi connectivity index (χ1n) is 8.46. The fourth-order valence-corrected chi connectivity index (χ4v) is 3.56. The maximum atomic E-state index is 12.4. The molecule has 3 aromatic rings. The summed E-state index contributed by atoms with van der Waals surface area (Å²) in [5, 5.41) is 8.89. The molecule has 1 aliphatic rings. The molecule has 0 heterocycles. The smallest absolute Gasteiger partial charge is 0.163 e. The molecule has 1 aliphatic carbocycles. The predicted octanol–water partition coefficient (Wildman–Crippen LogP) is 5.14. The van der Waals surface area contributed by atoms with Gasteiger partial charge in [0, 0.05) is 12.0 Å². The van der Waals surface area contributed by atoms with E-state index in [4.69, 9.17) is 5.26 Å². The lowest BCUT2D eigenvalue weighted by molar-refractivity contribution is 0.0964. The molecule has 1 unspecified atom stereocenters. The number of Topliss-reactive ketones (excluding diaryl/α,β-unsaturated/α-hetero) is 1. The first kappa shape index (κ1) is 15.4. The molecule has 0 fully saturated rings. The maximum Gasteiger partial charge on any atom is 0.163 e. The minimum atomic E-state index is 0.239. The summed E-state index contributed by atoms with van der Waals surface area (Å²) >= 11 is 0. The Balaban J connectivity index is 1.58. The highest BCUT2D eigenvalue weighted by atomic mass is 16.1. The second-order valence-corrected chi connectivity index (χ2v) is 6.50. The standard InChI is InChI=1S/C23H17NO/c24-15-16-5-7-17(8-6-16)18-9-11-19(12-10-18)21-13-20-3-1-2-4-22(20)23(25)14-21/h1-12,21H,13-14H2. The number of carbonyl (C=O) groups excluding carboxylic acids is 1. The van der Waals surface area contributed by atoms with Gasteiger partial charge < -0.3 is 0 Å². The van der Waals surface area contributed by atoms with Gasteiger partial charge in [0.15, 0.2) is 5.78 Å². The van der Waals surface area contributed by atoms with E-state index in [1.54, 1.807) is 0 Å². The van der Waals surface area contributed by atoms with Crippen molar-refractivity contribution in [3.63, 3.8) is 0 Å². The zero-order chi connectivity index (χ0) is 17.2. The Morgan fingerprint density at radius 1 is 0.800 bits per heavy atom. The van der Waals surface area contributed by atoms with Crippen LogP contribution in [0.15, 0.2) is 72.8 Å². The molecule has 0 N–H and O–H groups in total. The lowest BCUT2D eigenvalue weighted by atomic mass is 9.79. The molecule has 0 saturated carbocycles. The Kier molecular flexibility index (Phi) is 3.91. The summed E-state index contributed by atoms with van der Waals surface area (Å²) in [6.07, 6.45) is 1.49. The maximum absolute atomic E-state index is 12.4. The minimum absolute atomic E-state index is 0.239. The monoisotopic (exact) mass is 323 g/mol. The minimum Gasteiger partial charge on any atom is -0.294 e. The second-order valence-electron chi connectivity index (χ2n) is 6.50. The van der Waals surface area contributed by atoms with Crippen molar-refractivity contribution in [3.05, 3.63) is 95.1 Å². The number of ketones is 1. The number of rotatable bonds is 2. The van der Waals surface area contributed by atoms with Crippen LogP contribution < -0.4 is 0 Å². The Labute approximate surface area is 147 Å². The van der Waals surface area contributed by atoms with Crippen LogP contribution in [0.2, 0.25) is 0 Å². The first-order valence-corrected chi connectivity index (χ1v) is 8.46. The molecule has 25 heavy (non-hydrogen) atoms. The molecular formula is C23H17NO. The van der Waals surface area contributed by atoms with Gasteiger partial charge in [-0.05, 0) is 46.7 Å². The molecule has 2 nitrogen and oxygen atoms in total. The number of fused-ring (bicyclic) bond motifs is 1. The van der Waals surface area contributed by atoms with Crippen LogP contribution in [0.25, 0.3) is 11.1 Å². The summed E-state index contributed by atoms with van der Waals surface area (Å²) in [5.41, 5.74) is 6.12.